The highest BCUT2D eigenvalue weighted by atomic mass is 32.2. The number of benzene rings is 2. The number of hydrogen-bond donors (Lipinski definition) is 2. The predicted molar refractivity (Wildman–Crippen MR) is 118 cm³/mol. The molecule has 3 rings (SSSR count). The van der Waals surface area contributed by atoms with E-state index >= 15 is 0 Å². The lowest BCUT2D eigenvalue weighted by Crippen LogP contribution is -2.24. The van der Waals surface area contributed by atoms with E-state index < -0.39 is 10.0 Å². The van der Waals surface area contributed by atoms with Crippen LogP contribution in [0.1, 0.15) is 17.0 Å². The number of rotatable bonds is 7. The molecule has 2 N–H and O–H groups in total. The lowest BCUT2D eigenvalue weighted by atomic mass is 10.2. The van der Waals surface area contributed by atoms with Crippen LogP contribution in [0.2, 0.25) is 0 Å². The molecule has 0 saturated carbocycles. The summed E-state index contributed by atoms with van der Waals surface area (Å²) >= 11 is 0. The maximum absolute atomic E-state index is 12.5. The first-order valence-corrected chi connectivity index (χ1v) is 11.0. The van der Waals surface area contributed by atoms with E-state index in [0.29, 0.717) is 17.1 Å². The average molecular weight is 444 g/mol. The number of tetrazole rings is 1. The standard InChI is InChI=1S/C20H25N7O3S/c1-13-6-8-16(10-18(13)27-15(3)23-24-25-27)21-12-20(28)22-17-9-7-14(2)19(11-17)31(29,30)26(4)5/h6-11,21H,12H2,1-5H3,(H,22,28). The zero-order valence-electron chi connectivity index (χ0n) is 18.0. The predicted octanol–water partition coefficient (Wildman–Crippen LogP) is 1.89. The second-order valence-electron chi connectivity index (χ2n) is 7.31. The zero-order chi connectivity index (χ0) is 22.8. The van der Waals surface area contributed by atoms with Crippen LogP contribution >= 0.6 is 0 Å². The van der Waals surface area contributed by atoms with Gasteiger partial charge in [-0.2, -0.15) is 4.68 Å². The quantitative estimate of drug-likeness (QED) is 0.572. The monoisotopic (exact) mass is 443 g/mol. The van der Waals surface area contributed by atoms with Gasteiger partial charge < -0.3 is 10.6 Å². The number of aryl methyl sites for hydroxylation is 3. The average Bonchev–Trinajstić information content (AvgIpc) is 3.14. The number of nitrogens with zero attached hydrogens (tertiary/aromatic N) is 5. The van der Waals surface area contributed by atoms with Crippen LogP contribution in [0.15, 0.2) is 41.3 Å². The maximum atomic E-state index is 12.5. The maximum Gasteiger partial charge on any atom is 0.243 e. The third kappa shape index (κ3) is 4.89. The number of hydrogen-bond acceptors (Lipinski definition) is 7. The van der Waals surface area contributed by atoms with Crippen molar-refractivity contribution < 1.29 is 13.2 Å². The summed E-state index contributed by atoms with van der Waals surface area (Å²) in [5.74, 6) is 0.346. The number of sulfonamides is 1. The van der Waals surface area contributed by atoms with Crippen molar-refractivity contribution in [3.8, 4) is 5.69 Å². The number of carbonyl (C=O) groups excluding carboxylic acids is 1. The topological polar surface area (TPSA) is 122 Å². The summed E-state index contributed by atoms with van der Waals surface area (Å²) in [4.78, 5) is 12.6. The minimum absolute atomic E-state index is 0.000725. The highest BCUT2D eigenvalue weighted by molar-refractivity contribution is 7.89. The number of nitrogens with one attached hydrogen (secondary N) is 2. The molecule has 2 aromatic carbocycles. The summed E-state index contributed by atoms with van der Waals surface area (Å²) in [6, 6.07) is 10.4. The molecule has 11 heteroatoms. The van der Waals surface area contributed by atoms with Crippen LogP contribution in [0.3, 0.4) is 0 Å². The van der Waals surface area contributed by atoms with Crippen LogP contribution in [0, 0.1) is 20.8 Å². The molecule has 0 fully saturated rings. The summed E-state index contributed by atoms with van der Waals surface area (Å²) in [5.41, 5.74) is 3.54. The van der Waals surface area contributed by atoms with Crippen molar-refractivity contribution in [3.05, 3.63) is 53.3 Å². The molecular weight excluding hydrogens is 418 g/mol. The summed E-state index contributed by atoms with van der Waals surface area (Å²) < 4.78 is 27.7. The van der Waals surface area contributed by atoms with Crippen LogP contribution in [-0.4, -0.2) is 59.5 Å². The van der Waals surface area contributed by atoms with Crippen LogP contribution in [0.5, 0.6) is 0 Å². The summed E-state index contributed by atoms with van der Waals surface area (Å²) in [7, 11) is -0.669. The van der Waals surface area contributed by atoms with Gasteiger partial charge in [0.1, 0.15) is 0 Å². The summed E-state index contributed by atoms with van der Waals surface area (Å²) in [6.07, 6.45) is 0. The fraction of sp³-hybridized carbons (Fsp3) is 0.300. The Morgan fingerprint density at radius 2 is 1.71 bits per heavy atom. The summed E-state index contributed by atoms with van der Waals surface area (Å²) in [5, 5.41) is 17.3. The Kier molecular flexibility index (Phi) is 6.37. The highest BCUT2D eigenvalue weighted by Crippen LogP contribution is 2.23. The fourth-order valence-corrected chi connectivity index (χ4v) is 4.09. The van der Waals surface area contributed by atoms with Crippen molar-refractivity contribution in [3.63, 3.8) is 0 Å². The number of carbonyl (C=O) groups is 1. The van der Waals surface area contributed by atoms with E-state index in [1.165, 1.54) is 20.2 Å². The van der Waals surface area contributed by atoms with Gasteiger partial charge in [0.2, 0.25) is 15.9 Å². The molecule has 1 heterocycles. The van der Waals surface area contributed by atoms with Crippen molar-refractivity contribution >= 4 is 27.3 Å². The molecule has 0 atom stereocenters. The van der Waals surface area contributed by atoms with E-state index in [0.717, 1.165) is 21.2 Å². The lowest BCUT2D eigenvalue weighted by molar-refractivity contribution is -0.114. The first-order valence-electron chi connectivity index (χ1n) is 9.52. The molecule has 0 aliphatic carbocycles. The van der Waals surface area contributed by atoms with Crippen molar-refractivity contribution in [1.29, 1.82) is 0 Å². The molecule has 10 nitrogen and oxygen atoms in total. The van der Waals surface area contributed by atoms with E-state index in [1.807, 2.05) is 25.1 Å². The Morgan fingerprint density at radius 3 is 2.35 bits per heavy atom. The van der Waals surface area contributed by atoms with Crippen LogP contribution in [0.4, 0.5) is 11.4 Å². The number of anilines is 2. The molecule has 0 aliphatic rings. The Bertz CT molecular complexity index is 1220. The van der Waals surface area contributed by atoms with Gasteiger partial charge in [0.25, 0.3) is 0 Å². The molecule has 0 radical (unpaired) electrons. The molecule has 0 saturated heterocycles. The van der Waals surface area contributed by atoms with Crippen LogP contribution < -0.4 is 10.6 Å². The van der Waals surface area contributed by atoms with Gasteiger partial charge >= 0.3 is 0 Å². The van der Waals surface area contributed by atoms with Crippen molar-refractivity contribution in [2.24, 2.45) is 0 Å². The van der Waals surface area contributed by atoms with E-state index in [9.17, 15) is 13.2 Å². The Hall–Kier alpha value is -3.31. The van der Waals surface area contributed by atoms with E-state index in [4.69, 9.17) is 0 Å². The first kappa shape index (κ1) is 22.4. The van der Waals surface area contributed by atoms with Crippen molar-refractivity contribution in [2.45, 2.75) is 25.7 Å². The molecular formula is C20H25N7O3S. The van der Waals surface area contributed by atoms with E-state index in [-0.39, 0.29) is 17.3 Å². The fourth-order valence-electron chi connectivity index (χ4n) is 2.94. The number of amides is 1. The van der Waals surface area contributed by atoms with E-state index in [2.05, 4.69) is 26.2 Å². The molecule has 0 spiro atoms. The largest absolute Gasteiger partial charge is 0.376 e. The van der Waals surface area contributed by atoms with Gasteiger partial charge in [0, 0.05) is 25.5 Å². The lowest BCUT2D eigenvalue weighted by Gasteiger charge is -2.15. The molecule has 3 aromatic rings. The third-order valence-electron chi connectivity index (χ3n) is 4.75. The van der Waals surface area contributed by atoms with Gasteiger partial charge in [0.05, 0.1) is 17.1 Å². The zero-order valence-corrected chi connectivity index (χ0v) is 18.9. The van der Waals surface area contributed by atoms with Gasteiger partial charge in [-0.3, -0.25) is 4.79 Å². The van der Waals surface area contributed by atoms with Gasteiger partial charge in [-0.05, 0) is 66.6 Å². The molecule has 1 amide bonds. The molecule has 0 unspecified atom stereocenters. The second kappa shape index (κ2) is 8.82. The Balaban J connectivity index is 1.71. The Morgan fingerprint density at radius 1 is 1.03 bits per heavy atom. The Labute approximate surface area is 181 Å². The van der Waals surface area contributed by atoms with Crippen molar-refractivity contribution in [2.75, 3.05) is 31.3 Å². The first-order chi connectivity index (χ1) is 14.6. The van der Waals surface area contributed by atoms with E-state index in [1.54, 1.807) is 30.7 Å². The highest BCUT2D eigenvalue weighted by Gasteiger charge is 2.20. The molecule has 1 aromatic heterocycles. The van der Waals surface area contributed by atoms with Crippen molar-refractivity contribution in [1.82, 2.24) is 24.5 Å². The molecule has 0 bridgehead atoms. The molecule has 0 aliphatic heterocycles. The second-order valence-corrected chi connectivity index (χ2v) is 9.43. The minimum atomic E-state index is -3.61. The van der Waals surface area contributed by atoms with Crippen LogP contribution in [0.25, 0.3) is 5.69 Å². The van der Waals surface area contributed by atoms with Crippen LogP contribution in [-0.2, 0) is 14.8 Å². The third-order valence-corrected chi connectivity index (χ3v) is 6.70. The summed E-state index contributed by atoms with van der Waals surface area (Å²) in [6.45, 7) is 5.47. The van der Waals surface area contributed by atoms with Gasteiger partial charge in [0.15, 0.2) is 5.82 Å². The minimum Gasteiger partial charge on any atom is -0.376 e. The van der Waals surface area contributed by atoms with Gasteiger partial charge in [-0.1, -0.05) is 12.1 Å². The normalized spacial score (nSPS) is 11.5. The van der Waals surface area contributed by atoms with Gasteiger partial charge in [-0.15, -0.1) is 5.10 Å². The number of aromatic nitrogens is 4. The smallest absolute Gasteiger partial charge is 0.243 e. The SMILES string of the molecule is Cc1ccc(NCC(=O)Nc2ccc(C)c(S(=O)(=O)N(C)C)c2)cc1-n1nnnc1C. The molecule has 31 heavy (non-hydrogen) atoms. The van der Waals surface area contributed by atoms with Gasteiger partial charge in [-0.25, -0.2) is 12.7 Å². The molecule has 164 valence electrons.